The molecule has 0 aliphatic rings. The van der Waals surface area contributed by atoms with Gasteiger partial charge in [-0.05, 0) is 24.3 Å². The Kier molecular flexibility index (Phi) is 7.81. The fraction of sp³-hybridized carbons (Fsp3) is 0.235. The number of carbonyl (C=O) groups excluding carboxylic acids is 1. The van der Waals surface area contributed by atoms with Crippen LogP contribution in [0, 0.1) is 0 Å². The van der Waals surface area contributed by atoms with Gasteiger partial charge in [-0.3, -0.25) is 4.79 Å². The third-order valence-corrected chi connectivity index (χ3v) is 4.17. The number of benzene rings is 2. The van der Waals surface area contributed by atoms with Crippen molar-refractivity contribution in [2.75, 3.05) is 23.4 Å². The summed E-state index contributed by atoms with van der Waals surface area (Å²) in [7, 11) is 0. The first-order chi connectivity index (χ1) is 12.1. The number of halogens is 3. The second kappa shape index (κ2) is 10.1. The maximum Gasteiger partial charge on any atom is 0.387 e. The standard InChI is InChI=1S/C17H16ClF2NO3S/c18-12-5-1-3-7-14(12)23-9-10-25-11-16(22)21-13-6-2-4-8-15(13)24-17(19)20/h1-8,17H,9-11H2,(H,21,22). The van der Waals surface area contributed by atoms with Gasteiger partial charge in [-0.25, -0.2) is 0 Å². The lowest BCUT2D eigenvalue weighted by Crippen LogP contribution is -2.16. The van der Waals surface area contributed by atoms with Crippen molar-refractivity contribution in [3.05, 3.63) is 53.6 Å². The van der Waals surface area contributed by atoms with E-state index in [1.165, 1.54) is 23.9 Å². The molecular formula is C17H16ClF2NO3S. The Balaban J connectivity index is 1.72. The molecule has 25 heavy (non-hydrogen) atoms. The van der Waals surface area contributed by atoms with Gasteiger partial charge >= 0.3 is 6.61 Å². The number of alkyl halides is 2. The lowest BCUT2D eigenvalue weighted by atomic mass is 10.3. The van der Waals surface area contributed by atoms with E-state index in [2.05, 4.69) is 10.1 Å². The van der Waals surface area contributed by atoms with Gasteiger partial charge in [-0.1, -0.05) is 35.9 Å². The SMILES string of the molecule is O=C(CSCCOc1ccccc1Cl)Nc1ccccc1OC(F)F. The maximum absolute atomic E-state index is 12.3. The molecule has 0 spiro atoms. The largest absolute Gasteiger partial charge is 0.491 e. The maximum atomic E-state index is 12.3. The molecule has 0 unspecified atom stereocenters. The Morgan fingerprint density at radius 1 is 1.12 bits per heavy atom. The van der Waals surface area contributed by atoms with Gasteiger partial charge in [0.25, 0.3) is 0 Å². The van der Waals surface area contributed by atoms with E-state index in [4.69, 9.17) is 16.3 Å². The number of carbonyl (C=O) groups is 1. The van der Waals surface area contributed by atoms with Gasteiger partial charge in [0.1, 0.15) is 11.5 Å². The molecule has 0 heterocycles. The number of hydrogen-bond donors (Lipinski definition) is 1. The number of para-hydroxylation sites is 3. The summed E-state index contributed by atoms with van der Waals surface area (Å²) in [6.45, 7) is -2.55. The van der Waals surface area contributed by atoms with Crippen LogP contribution in [0.25, 0.3) is 0 Å². The first-order valence-electron chi connectivity index (χ1n) is 7.35. The summed E-state index contributed by atoms with van der Waals surface area (Å²) in [5.74, 6) is 0.946. The highest BCUT2D eigenvalue weighted by molar-refractivity contribution is 7.99. The van der Waals surface area contributed by atoms with Crippen molar-refractivity contribution in [3.8, 4) is 11.5 Å². The van der Waals surface area contributed by atoms with Gasteiger partial charge in [-0.2, -0.15) is 8.78 Å². The van der Waals surface area contributed by atoms with Crippen molar-refractivity contribution in [2.45, 2.75) is 6.61 Å². The minimum Gasteiger partial charge on any atom is -0.491 e. The van der Waals surface area contributed by atoms with E-state index in [0.717, 1.165) is 0 Å². The lowest BCUT2D eigenvalue weighted by molar-refractivity contribution is -0.113. The van der Waals surface area contributed by atoms with Crippen LogP contribution in [0.1, 0.15) is 0 Å². The van der Waals surface area contributed by atoms with Gasteiger partial charge in [0.05, 0.1) is 23.1 Å². The van der Waals surface area contributed by atoms with Crippen LogP contribution in [-0.2, 0) is 4.79 Å². The predicted molar refractivity (Wildman–Crippen MR) is 96.0 cm³/mol. The van der Waals surface area contributed by atoms with Gasteiger partial charge < -0.3 is 14.8 Å². The van der Waals surface area contributed by atoms with Crippen LogP contribution >= 0.6 is 23.4 Å². The summed E-state index contributed by atoms with van der Waals surface area (Å²) in [4.78, 5) is 11.9. The van der Waals surface area contributed by atoms with Crippen LogP contribution in [0.15, 0.2) is 48.5 Å². The summed E-state index contributed by atoms with van der Waals surface area (Å²) in [6.07, 6.45) is 0. The van der Waals surface area contributed by atoms with Gasteiger partial charge in [0.15, 0.2) is 0 Å². The molecule has 0 atom stereocenters. The number of anilines is 1. The molecule has 0 aliphatic carbocycles. The summed E-state index contributed by atoms with van der Waals surface area (Å²) in [5, 5.41) is 3.08. The highest BCUT2D eigenvalue weighted by Gasteiger charge is 2.11. The highest BCUT2D eigenvalue weighted by Crippen LogP contribution is 2.26. The minimum absolute atomic E-state index is 0.0714. The number of hydrogen-bond acceptors (Lipinski definition) is 4. The van der Waals surface area contributed by atoms with Crippen molar-refractivity contribution < 1.29 is 23.0 Å². The van der Waals surface area contributed by atoms with Gasteiger partial charge in [0.2, 0.25) is 5.91 Å². The van der Waals surface area contributed by atoms with Crippen molar-refractivity contribution in [3.63, 3.8) is 0 Å². The topological polar surface area (TPSA) is 47.6 Å². The van der Waals surface area contributed by atoms with Crippen LogP contribution in [0.5, 0.6) is 11.5 Å². The molecule has 1 amide bonds. The minimum atomic E-state index is -2.95. The molecule has 2 aromatic rings. The Hall–Kier alpha value is -1.99. The molecule has 0 radical (unpaired) electrons. The first kappa shape index (κ1) is 19.3. The molecule has 4 nitrogen and oxygen atoms in total. The van der Waals surface area contributed by atoms with Crippen LogP contribution < -0.4 is 14.8 Å². The molecule has 134 valence electrons. The van der Waals surface area contributed by atoms with Crippen molar-refractivity contribution in [1.82, 2.24) is 0 Å². The zero-order chi connectivity index (χ0) is 18.1. The Labute approximate surface area is 153 Å². The van der Waals surface area contributed by atoms with Gasteiger partial charge in [0, 0.05) is 5.75 Å². The lowest BCUT2D eigenvalue weighted by Gasteiger charge is -2.11. The van der Waals surface area contributed by atoms with Crippen molar-refractivity contribution in [1.29, 1.82) is 0 Å². The third-order valence-electron chi connectivity index (χ3n) is 2.93. The molecule has 0 saturated carbocycles. The van der Waals surface area contributed by atoms with Gasteiger partial charge in [-0.15, -0.1) is 11.8 Å². The summed E-state index contributed by atoms with van der Waals surface area (Å²) >= 11 is 7.32. The summed E-state index contributed by atoms with van der Waals surface area (Å²) < 4.78 is 34.5. The molecule has 1 N–H and O–H groups in total. The Morgan fingerprint density at radius 3 is 2.52 bits per heavy atom. The number of ether oxygens (including phenoxy) is 2. The summed E-state index contributed by atoms with van der Waals surface area (Å²) in [6, 6.07) is 13.2. The molecule has 0 saturated heterocycles. The number of nitrogens with one attached hydrogen (secondary N) is 1. The van der Waals surface area contributed by atoms with Crippen molar-refractivity contribution in [2.24, 2.45) is 0 Å². The van der Waals surface area contributed by atoms with E-state index >= 15 is 0 Å². The van der Waals surface area contributed by atoms with E-state index in [1.54, 1.807) is 24.3 Å². The molecule has 2 aromatic carbocycles. The number of rotatable bonds is 9. The van der Waals surface area contributed by atoms with Crippen LogP contribution in [0.2, 0.25) is 5.02 Å². The second-order valence-electron chi connectivity index (χ2n) is 4.75. The average molecular weight is 388 g/mol. The number of thioether (sulfide) groups is 1. The molecule has 0 fully saturated rings. The zero-order valence-electron chi connectivity index (χ0n) is 13.1. The van der Waals surface area contributed by atoms with E-state index in [-0.39, 0.29) is 23.1 Å². The van der Waals surface area contributed by atoms with Crippen LogP contribution in [0.4, 0.5) is 14.5 Å². The third kappa shape index (κ3) is 6.80. The van der Waals surface area contributed by atoms with E-state index in [1.807, 2.05) is 12.1 Å². The molecular weight excluding hydrogens is 372 g/mol. The molecule has 2 rings (SSSR count). The smallest absolute Gasteiger partial charge is 0.387 e. The Morgan fingerprint density at radius 2 is 1.80 bits per heavy atom. The Bertz CT molecular complexity index is 703. The van der Waals surface area contributed by atoms with Crippen molar-refractivity contribution >= 4 is 35.0 Å². The molecule has 0 aliphatic heterocycles. The monoisotopic (exact) mass is 387 g/mol. The van der Waals surface area contributed by atoms with E-state index in [9.17, 15) is 13.6 Å². The highest BCUT2D eigenvalue weighted by atomic mass is 35.5. The quantitative estimate of drug-likeness (QED) is 0.634. The summed E-state index contributed by atoms with van der Waals surface area (Å²) in [5.41, 5.74) is 0.209. The molecule has 0 bridgehead atoms. The normalized spacial score (nSPS) is 10.6. The predicted octanol–water partition coefficient (Wildman–Crippen LogP) is 4.69. The molecule has 0 aromatic heterocycles. The fourth-order valence-corrected chi connectivity index (χ4v) is 2.69. The fourth-order valence-electron chi connectivity index (χ4n) is 1.89. The first-order valence-corrected chi connectivity index (χ1v) is 8.88. The second-order valence-corrected chi connectivity index (χ2v) is 6.27. The van der Waals surface area contributed by atoms with E-state index < -0.39 is 6.61 Å². The number of amides is 1. The molecule has 8 heteroatoms. The zero-order valence-corrected chi connectivity index (χ0v) is 14.7. The van der Waals surface area contributed by atoms with Crippen LogP contribution in [-0.4, -0.2) is 30.6 Å². The average Bonchev–Trinajstić information content (AvgIpc) is 2.57. The van der Waals surface area contributed by atoms with Crippen LogP contribution in [0.3, 0.4) is 0 Å². The van der Waals surface area contributed by atoms with E-state index in [0.29, 0.717) is 23.1 Å².